The van der Waals surface area contributed by atoms with E-state index in [1.165, 1.54) is 25.7 Å². The second kappa shape index (κ2) is 7.61. The van der Waals surface area contributed by atoms with Gasteiger partial charge >= 0.3 is 0 Å². The fourth-order valence-corrected chi connectivity index (χ4v) is 3.15. The molecule has 1 spiro atoms. The molecule has 3 heteroatoms. The van der Waals surface area contributed by atoms with Crippen LogP contribution in [0, 0.1) is 5.92 Å². The second-order valence-corrected chi connectivity index (χ2v) is 6.06. The zero-order valence-electron chi connectivity index (χ0n) is 12.7. The summed E-state index contributed by atoms with van der Waals surface area (Å²) in [7, 11) is 0. The summed E-state index contributed by atoms with van der Waals surface area (Å²) in [4.78, 5) is 0. The van der Waals surface area contributed by atoms with Gasteiger partial charge in [0.1, 0.15) is 0 Å². The van der Waals surface area contributed by atoms with Crippen LogP contribution in [0.25, 0.3) is 0 Å². The summed E-state index contributed by atoms with van der Waals surface area (Å²) >= 11 is 0. The van der Waals surface area contributed by atoms with E-state index >= 15 is 0 Å². The van der Waals surface area contributed by atoms with Crippen molar-refractivity contribution in [1.82, 2.24) is 0 Å². The summed E-state index contributed by atoms with van der Waals surface area (Å²) in [5, 5.41) is 0. The topological polar surface area (TPSA) is 27.7 Å². The van der Waals surface area contributed by atoms with Crippen LogP contribution in [0.2, 0.25) is 0 Å². The third-order valence-corrected chi connectivity index (χ3v) is 4.62. The Labute approximate surface area is 118 Å². The van der Waals surface area contributed by atoms with Crippen LogP contribution < -0.4 is 0 Å². The molecule has 0 N–H and O–H groups in total. The van der Waals surface area contributed by atoms with Gasteiger partial charge in [0, 0.05) is 19.4 Å². The Morgan fingerprint density at radius 3 is 2.42 bits per heavy atom. The van der Waals surface area contributed by atoms with Gasteiger partial charge in [0.15, 0.2) is 5.79 Å². The van der Waals surface area contributed by atoms with Gasteiger partial charge in [-0.3, -0.25) is 0 Å². The molecule has 0 aromatic rings. The highest BCUT2D eigenvalue weighted by Crippen LogP contribution is 2.36. The number of hydrogen-bond acceptors (Lipinski definition) is 3. The molecule has 0 amide bonds. The van der Waals surface area contributed by atoms with Crippen LogP contribution in [0.1, 0.15) is 65.2 Å². The molecule has 1 atom stereocenters. The van der Waals surface area contributed by atoms with Crippen molar-refractivity contribution in [1.29, 1.82) is 0 Å². The first-order chi connectivity index (χ1) is 9.28. The Balaban J connectivity index is 1.64. The Hall–Kier alpha value is -0.120. The lowest BCUT2D eigenvalue weighted by Gasteiger charge is -2.35. The predicted octanol–water partition coefficient (Wildman–Crippen LogP) is 3.91. The van der Waals surface area contributed by atoms with E-state index in [0.717, 1.165) is 51.4 Å². The van der Waals surface area contributed by atoms with E-state index in [1.54, 1.807) is 0 Å². The van der Waals surface area contributed by atoms with Crippen molar-refractivity contribution in [2.75, 3.05) is 19.8 Å². The minimum absolute atomic E-state index is 0.244. The first kappa shape index (κ1) is 15.3. The van der Waals surface area contributed by atoms with E-state index in [2.05, 4.69) is 13.8 Å². The van der Waals surface area contributed by atoms with Crippen molar-refractivity contribution in [2.24, 2.45) is 5.92 Å². The molecular formula is C16H30O3. The summed E-state index contributed by atoms with van der Waals surface area (Å²) in [6.07, 6.45) is 9.78. The fraction of sp³-hybridized carbons (Fsp3) is 1.00. The van der Waals surface area contributed by atoms with Gasteiger partial charge in [0.25, 0.3) is 0 Å². The average Bonchev–Trinajstić information content (AvgIpc) is 2.89. The Kier molecular flexibility index (Phi) is 6.11. The average molecular weight is 270 g/mol. The van der Waals surface area contributed by atoms with E-state index in [4.69, 9.17) is 14.2 Å². The van der Waals surface area contributed by atoms with Crippen LogP contribution in [0.3, 0.4) is 0 Å². The zero-order chi connectivity index (χ0) is 13.6. The Bertz CT molecular complexity index is 238. The van der Waals surface area contributed by atoms with E-state index in [-0.39, 0.29) is 5.79 Å². The van der Waals surface area contributed by atoms with Crippen molar-refractivity contribution in [2.45, 2.75) is 77.1 Å². The summed E-state index contributed by atoms with van der Waals surface area (Å²) in [6, 6.07) is 0. The molecule has 2 rings (SSSR count). The molecule has 112 valence electrons. The van der Waals surface area contributed by atoms with Crippen LogP contribution in [0.15, 0.2) is 0 Å². The molecule has 0 aromatic carbocycles. The Morgan fingerprint density at radius 2 is 1.84 bits per heavy atom. The molecular weight excluding hydrogens is 240 g/mol. The van der Waals surface area contributed by atoms with Crippen LogP contribution in [-0.4, -0.2) is 31.7 Å². The van der Waals surface area contributed by atoms with Crippen LogP contribution in [-0.2, 0) is 14.2 Å². The van der Waals surface area contributed by atoms with Gasteiger partial charge in [-0.2, -0.15) is 0 Å². The lowest BCUT2D eigenvalue weighted by atomic mass is 9.91. The quantitative estimate of drug-likeness (QED) is 0.702. The first-order valence-corrected chi connectivity index (χ1v) is 8.17. The number of unbranched alkanes of at least 4 members (excludes halogenated alkanes) is 1. The minimum atomic E-state index is -0.244. The lowest BCUT2D eigenvalue weighted by Crippen LogP contribution is -2.38. The van der Waals surface area contributed by atoms with E-state index < -0.39 is 0 Å². The Morgan fingerprint density at radius 1 is 1.16 bits per heavy atom. The summed E-state index contributed by atoms with van der Waals surface area (Å²) in [6.45, 7) is 7.01. The van der Waals surface area contributed by atoms with Gasteiger partial charge in [-0.05, 0) is 25.2 Å². The molecule has 1 aliphatic carbocycles. The summed E-state index contributed by atoms with van der Waals surface area (Å²) in [5.74, 6) is 0.501. The molecule has 1 heterocycles. The van der Waals surface area contributed by atoms with E-state index in [9.17, 15) is 0 Å². The van der Waals surface area contributed by atoms with Crippen molar-refractivity contribution < 1.29 is 14.2 Å². The summed E-state index contributed by atoms with van der Waals surface area (Å²) in [5.41, 5.74) is 0. The van der Waals surface area contributed by atoms with Gasteiger partial charge in [-0.15, -0.1) is 0 Å². The highest BCUT2D eigenvalue weighted by Gasteiger charge is 2.40. The fourth-order valence-electron chi connectivity index (χ4n) is 3.15. The van der Waals surface area contributed by atoms with E-state index in [0.29, 0.717) is 6.10 Å². The number of ether oxygens (including phenoxy) is 3. The maximum Gasteiger partial charge on any atom is 0.168 e. The van der Waals surface area contributed by atoms with Crippen LogP contribution >= 0.6 is 0 Å². The van der Waals surface area contributed by atoms with Gasteiger partial charge in [-0.25, -0.2) is 0 Å². The number of rotatable bonds is 7. The monoisotopic (exact) mass is 270 g/mol. The largest absolute Gasteiger partial charge is 0.378 e. The van der Waals surface area contributed by atoms with Gasteiger partial charge in [0.2, 0.25) is 0 Å². The van der Waals surface area contributed by atoms with Crippen LogP contribution in [0.4, 0.5) is 0 Å². The summed E-state index contributed by atoms with van der Waals surface area (Å²) < 4.78 is 17.6. The van der Waals surface area contributed by atoms with Gasteiger partial charge in [-0.1, -0.05) is 33.1 Å². The molecule has 1 saturated carbocycles. The van der Waals surface area contributed by atoms with Crippen LogP contribution in [0.5, 0.6) is 0 Å². The van der Waals surface area contributed by atoms with Crippen molar-refractivity contribution >= 4 is 0 Å². The molecule has 19 heavy (non-hydrogen) atoms. The molecule has 3 nitrogen and oxygen atoms in total. The molecule has 2 fully saturated rings. The molecule has 1 unspecified atom stereocenters. The maximum atomic E-state index is 6.12. The highest BCUT2D eigenvalue weighted by molar-refractivity contribution is 4.83. The third-order valence-electron chi connectivity index (χ3n) is 4.62. The van der Waals surface area contributed by atoms with Gasteiger partial charge < -0.3 is 14.2 Å². The van der Waals surface area contributed by atoms with Gasteiger partial charge in [0.05, 0.1) is 19.3 Å². The lowest BCUT2D eigenvalue weighted by molar-refractivity contribution is -0.192. The standard InChI is InChI=1S/C16H30O3/c1-3-5-6-14(4-2)13-17-15-7-9-16(10-8-15)18-11-12-19-16/h14-15H,3-13H2,1-2H3. The SMILES string of the molecule is CCCCC(CC)COC1CCC2(CC1)OCCO2. The van der Waals surface area contributed by atoms with E-state index in [1.807, 2.05) is 0 Å². The first-order valence-electron chi connectivity index (χ1n) is 8.17. The second-order valence-electron chi connectivity index (χ2n) is 6.06. The highest BCUT2D eigenvalue weighted by atomic mass is 16.7. The third kappa shape index (κ3) is 4.44. The molecule has 1 aliphatic heterocycles. The maximum absolute atomic E-state index is 6.12. The molecule has 1 saturated heterocycles. The zero-order valence-corrected chi connectivity index (χ0v) is 12.7. The van der Waals surface area contributed by atoms with Crippen molar-refractivity contribution in [3.05, 3.63) is 0 Å². The normalized spacial score (nSPS) is 24.9. The van der Waals surface area contributed by atoms with Crippen molar-refractivity contribution in [3.8, 4) is 0 Å². The van der Waals surface area contributed by atoms with Crippen molar-refractivity contribution in [3.63, 3.8) is 0 Å². The molecule has 2 aliphatic rings. The smallest absolute Gasteiger partial charge is 0.168 e. The number of hydrogen-bond donors (Lipinski definition) is 0. The molecule has 0 radical (unpaired) electrons. The predicted molar refractivity (Wildman–Crippen MR) is 76.1 cm³/mol. The minimum Gasteiger partial charge on any atom is -0.378 e. The molecule has 0 aromatic heterocycles. The molecule has 0 bridgehead atoms.